The van der Waals surface area contributed by atoms with E-state index >= 15 is 0 Å². The SMILES string of the molecule is CC(C)(Oc1ccc2c(c1)O/C(=C\c1ccc3c(c1)OCCO3)C2=O)C(=O)O. The van der Waals surface area contributed by atoms with Crippen molar-refractivity contribution in [2.24, 2.45) is 0 Å². The summed E-state index contributed by atoms with van der Waals surface area (Å²) in [6.07, 6.45) is 1.63. The first kappa shape index (κ1) is 17.9. The fourth-order valence-electron chi connectivity index (χ4n) is 2.87. The molecule has 2 aromatic rings. The minimum atomic E-state index is -1.40. The number of aliphatic carboxylic acids is 1. The van der Waals surface area contributed by atoms with Crippen molar-refractivity contribution in [1.29, 1.82) is 0 Å². The monoisotopic (exact) mass is 382 g/mol. The van der Waals surface area contributed by atoms with E-state index in [1.165, 1.54) is 19.9 Å². The van der Waals surface area contributed by atoms with Gasteiger partial charge >= 0.3 is 5.97 Å². The fourth-order valence-corrected chi connectivity index (χ4v) is 2.87. The molecule has 0 aromatic heterocycles. The molecule has 0 aliphatic carbocycles. The highest BCUT2D eigenvalue weighted by Crippen LogP contribution is 2.37. The first-order chi connectivity index (χ1) is 13.3. The third-order valence-corrected chi connectivity index (χ3v) is 4.39. The van der Waals surface area contributed by atoms with E-state index in [-0.39, 0.29) is 11.5 Å². The van der Waals surface area contributed by atoms with Crippen molar-refractivity contribution >= 4 is 17.8 Å². The summed E-state index contributed by atoms with van der Waals surface area (Å²) in [5, 5.41) is 9.19. The Morgan fingerprint density at radius 1 is 1.07 bits per heavy atom. The molecule has 0 unspecified atom stereocenters. The predicted octanol–water partition coefficient (Wildman–Crippen LogP) is 3.32. The van der Waals surface area contributed by atoms with Crippen LogP contribution in [0.25, 0.3) is 6.08 Å². The van der Waals surface area contributed by atoms with Crippen LogP contribution in [0.15, 0.2) is 42.2 Å². The zero-order valence-electron chi connectivity index (χ0n) is 15.4. The van der Waals surface area contributed by atoms with E-state index in [4.69, 9.17) is 18.9 Å². The number of fused-ring (bicyclic) bond motifs is 2. The molecule has 7 heteroatoms. The van der Waals surface area contributed by atoms with E-state index in [0.717, 1.165) is 5.56 Å². The van der Waals surface area contributed by atoms with Gasteiger partial charge in [-0.25, -0.2) is 4.79 Å². The molecule has 0 radical (unpaired) electrons. The standard InChI is InChI=1S/C21H18O7/c1-21(2,20(23)24)28-13-4-5-14-16(11-13)27-18(19(14)22)10-12-3-6-15-17(9-12)26-8-7-25-15/h3-6,9-11H,7-8H2,1-2H3,(H,23,24)/b18-10-. The maximum atomic E-state index is 12.6. The Morgan fingerprint density at radius 2 is 1.82 bits per heavy atom. The van der Waals surface area contributed by atoms with E-state index in [2.05, 4.69) is 0 Å². The van der Waals surface area contributed by atoms with Gasteiger partial charge in [-0.3, -0.25) is 4.79 Å². The normalized spacial score (nSPS) is 16.5. The number of rotatable bonds is 4. The van der Waals surface area contributed by atoms with Crippen LogP contribution in [0.4, 0.5) is 0 Å². The smallest absolute Gasteiger partial charge is 0.347 e. The van der Waals surface area contributed by atoms with Crippen molar-refractivity contribution in [3.63, 3.8) is 0 Å². The molecule has 0 saturated heterocycles. The van der Waals surface area contributed by atoms with Gasteiger partial charge in [-0.2, -0.15) is 0 Å². The molecule has 0 amide bonds. The number of Topliss-reactive ketones (excluding diaryl/α,β-unsaturated/α-hetero) is 1. The lowest BCUT2D eigenvalue weighted by Gasteiger charge is -2.21. The molecule has 2 heterocycles. The summed E-state index contributed by atoms with van der Waals surface area (Å²) in [6, 6.07) is 10.0. The van der Waals surface area contributed by atoms with Crippen LogP contribution < -0.4 is 18.9 Å². The largest absolute Gasteiger partial charge is 0.486 e. The van der Waals surface area contributed by atoms with E-state index in [1.54, 1.807) is 30.3 Å². The average Bonchev–Trinajstić information content (AvgIpc) is 2.96. The maximum Gasteiger partial charge on any atom is 0.347 e. The van der Waals surface area contributed by atoms with Gasteiger partial charge in [-0.05, 0) is 49.8 Å². The third kappa shape index (κ3) is 3.26. The number of carboxylic acid groups (broad SMARTS) is 1. The number of hydrogen-bond donors (Lipinski definition) is 1. The lowest BCUT2D eigenvalue weighted by atomic mass is 10.1. The minimum Gasteiger partial charge on any atom is -0.486 e. The van der Waals surface area contributed by atoms with Crippen LogP contribution in [0.5, 0.6) is 23.0 Å². The molecular weight excluding hydrogens is 364 g/mol. The second-order valence-electron chi connectivity index (χ2n) is 6.92. The molecule has 2 aromatic carbocycles. The third-order valence-electron chi connectivity index (χ3n) is 4.39. The summed E-state index contributed by atoms with van der Waals surface area (Å²) in [7, 11) is 0. The molecule has 0 spiro atoms. The lowest BCUT2D eigenvalue weighted by Crippen LogP contribution is -2.37. The number of carbonyl (C=O) groups is 2. The molecule has 2 aliphatic rings. The molecule has 0 bridgehead atoms. The number of ketones is 1. The highest BCUT2D eigenvalue weighted by atomic mass is 16.6. The number of allylic oxidation sites excluding steroid dienone is 1. The molecule has 0 saturated carbocycles. The second-order valence-corrected chi connectivity index (χ2v) is 6.92. The quantitative estimate of drug-likeness (QED) is 0.811. The molecule has 4 rings (SSSR count). The van der Waals surface area contributed by atoms with Gasteiger partial charge in [0.2, 0.25) is 5.78 Å². The van der Waals surface area contributed by atoms with Crippen LogP contribution in [0.2, 0.25) is 0 Å². The highest BCUT2D eigenvalue weighted by molar-refractivity contribution is 6.14. The Hall–Kier alpha value is -3.48. The van der Waals surface area contributed by atoms with Gasteiger partial charge in [0.15, 0.2) is 22.9 Å². The Labute approximate surface area is 161 Å². The molecule has 0 atom stereocenters. The summed E-state index contributed by atoms with van der Waals surface area (Å²) in [4.78, 5) is 23.8. The Kier molecular flexibility index (Phi) is 4.22. The van der Waals surface area contributed by atoms with Gasteiger partial charge < -0.3 is 24.1 Å². The number of carboxylic acids is 1. The van der Waals surface area contributed by atoms with Crippen LogP contribution in [0.3, 0.4) is 0 Å². The van der Waals surface area contributed by atoms with E-state index in [0.29, 0.717) is 41.8 Å². The van der Waals surface area contributed by atoms with Gasteiger partial charge in [0, 0.05) is 6.07 Å². The molecular formula is C21H18O7. The first-order valence-electron chi connectivity index (χ1n) is 8.74. The van der Waals surface area contributed by atoms with Crippen LogP contribution in [0.1, 0.15) is 29.8 Å². The van der Waals surface area contributed by atoms with Crippen LogP contribution in [0, 0.1) is 0 Å². The molecule has 144 valence electrons. The Bertz CT molecular complexity index is 1000. The van der Waals surface area contributed by atoms with Crippen LogP contribution >= 0.6 is 0 Å². The molecule has 0 fully saturated rings. The highest BCUT2D eigenvalue weighted by Gasteiger charge is 2.32. The Balaban J connectivity index is 1.59. The molecule has 1 N–H and O–H groups in total. The summed E-state index contributed by atoms with van der Waals surface area (Å²) < 4.78 is 22.2. The number of carbonyl (C=O) groups excluding carboxylic acids is 1. The topological polar surface area (TPSA) is 91.3 Å². The van der Waals surface area contributed by atoms with Crippen LogP contribution in [-0.2, 0) is 4.79 Å². The zero-order chi connectivity index (χ0) is 19.9. The Morgan fingerprint density at radius 3 is 2.57 bits per heavy atom. The van der Waals surface area contributed by atoms with Gasteiger partial charge in [0.1, 0.15) is 24.7 Å². The van der Waals surface area contributed by atoms with E-state index in [9.17, 15) is 14.7 Å². The predicted molar refractivity (Wildman–Crippen MR) is 99.2 cm³/mol. The molecule has 2 aliphatic heterocycles. The number of benzene rings is 2. The number of hydrogen-bond acceptors (Lipinski definition) is 6. The van der Waals surface area contributed by atoms with Crippen molar-refractivity contribution in [3.8, 4) is 23.0 Å². The minimum absolute atomic E-state index is 0.168. The van der Waals surface area contributed by atoms with E-state index < -0.39 is 11.6 Å². The van der Waals surface area contributed by atoms with Gasteiger partial charge in [-0.15, -0.1) is 0 Å². The number of ether oxygens (including phenoxy) is 4. The summed E-state index contributed by atoms with van der Waals surface area (Å²) in [5.41, 5.74) is -0.270. The van der Waals surface area contributed by atoms with Gasteiger partial charge in [0.25, 0.3) is 0 Å². The molecule has 28 heavy (non-hydrogen) atoms. The first-order valence-corrected chi connectivity index (χ1v) is 8.74. The van der Waals surface area contributed by atoms with E-state index in [1.807, 2.05) is 6.07 Å². The maximum absolute atomic E-state index is 12.6. The van der Waals surface area contributed by atoms with Crippen molar-refractivity contribution in [3.05, 3.63) is 53.3 Å². The van der Waals surface area contributed by atoms with Gasteiger partial charge in [0.05, 0.1) is 5.56 Å². The summed E-state index contributed by atoms with van der Waals surface area (Å²) >= 11 is 0. The lowest BCUT2D eigenvalue weighted by molar-refractivity contribution is -0.152. The zero-order valence-corrected chi connectivity index (χ0v) is 15.4. The van der Waals surface area contributed by atoms with Crippen molar-refractivity contribution < 1.29 is 33.6 Å². The van der Waals surface area contributed by atoms with Crippen molar-refractivity contribution in [1.82, 2.24) is 0 Å². The second kappa shape index (κ2) is 6.60. The average molecular weight is 382 g/mol. The van der Waals surface area contributed by atoms with Crippen LogP contribution in [-0.4, -0.2) is 35.7 Å². The van der Waals surface area contributed by atoms with Crippen molar-refractivity contribution in [2.75, 3.05) is 13.2 Å². The molecule has 7 nitrogen and oxygen atoms in total. The van der Waals surface area contributed by atoms with Gasteiger partial charge in [-0.1, -0.05) is 6.07 Å². The van der Waals surface area contributed by atoms with Crippen molar-refractivity contribution in [2.45, 2.75) is 19.4 Å². The fraction of sp³-hybridized carbons (Fsp3) is 0.238. The summed E-state index contributed by atoms with van der Waals surface area (Å²) in [5.74, 6) is 0.736. The summed E-state index contributed by atoms with van der Waals surface area (Å²) in [6.45, 7) is 3.88.